The van der Waals surface area contributed by atoms with Gasteiger partial charge < -0.3 is 24.7 Å². The highest BCUT2D eigenvalue weighted by atomic mass is 16.8. The number of esters is 1. The maximum atomic E-state index is 12.2. The van der Waals surface area contributed by atoms with Crippen molar-refractivity contribution in [1.82, 2.24) is 20.0 Å². The minimum Gasteiger partial charge on any atom is -0.463 e. The van der Waals surface area contributed by atoms with Gasteiger partial charge in [-0.15, -0.1) is 0 Å². The molecule has 2 aliphatic heterocycles. The van der Waals surface area contributed by atoms with E-state index in [4.69, 9.17) is 24.7 Å². The molecule has 2 fully saturated rings. The molecule has 4 unspecified atom stereocenters. The first kappa shape index (κ1) is 20.2. The molecule has 3 aromatic rings. The number of carbonyl (C=O) groups is 2. The highest BCUT2D eigenvalue weighted by Gasteiger charge is 2.64. The van der Waals surface area contributed by atoms with E-state index in [9.17, 15) is 14.4 Å². The van der Waals surface area contributed by atoms with Crippen LogP contribution in [0.3, 0.4) is 0 Å². The number of nitrogen functional groups attached to an aromatic ring is 1. The fraction of sp³-hybridized carbons (Fsp3) is 0.450. The van der Waals surface area contributed by atoms with Crippen LogP contribution in [-0.4, -0.2) is 56.5 Å². The molecule has 2 saturated heterocycles. The number of aromatic nitrogens is 4. The molecular formula is C20H21N5O7. The van der Waals surface area contributed by atoms with Crippen molar-refractivity contribution in [3.8, 4) is 0 Å². The molecule has 2 aromatic heterocycles. The van der Waals surface area contributed by atoms with Gasteiger partial charge in [-0.25, -0.2) is 14.6 Å². The summed E-state index contributed by atoms with van der Waals surface area (Å²) in [5.41, 5.74) is 5.28. The largest absolute Gasteiger partial charge is 0.509 e. The zero-order valence-corrected chi connectivity index (χ0v) is 17.5. The lowest BCUT2D eigenvalue weighted by molar-refractivity contribution is -0.155. The van der Waals surface area contributed by atoms with Crippen molar-refractivity contribution in [2.24, 2.45) is 5.92 Å². The Hall–Kier alpha value is -3.67. The third-order valence-corrected chi connectivity index (χ3v) is 5.81. The number of H-pyrrole nitrogens is 1. The van der Waals surface area contributed by atoms with E-state index >= 15 is 0 Å². The summed E-state index contributed by atoms with van der Waals surface area (Å²) in [6, 6.07) is 1.55. The third kappa shape index (κ3) is 2.90. The molecule has 0 amide bonds. The van der Waals surface area contributed by atoms with E-state index in [0.717, 1.165) is 0 Å². The van der Waals surface area contributed by atoms with Crippen molar-refractivity contribution in [2.75, 3.05) is 12.3 Å². The van der Waals surface area contributed by atoms with Crippen molar-refractivity contribution in [2.45, 2.75) is 44.8 Å². The monoisotopic (exact) mass is 443 g/mol. The summed E-state index contributed by atoms with van der Waals surface area (Å²) in [6.45, 7) is 4.97. The molecule has 2 aliphatic rings. The molecule has 168 valence electrons. The van der Waals surface area contributed by atoms with E-state index in [1.54, 1.807) is 33.0 Å². The van der Waals surface area contributed by atoms with Crippen molar-refractivity contribution in [3.05, 3.63) is 28.8 Å². The zero-order valence-electron chi connectivity index (χ0n) is 17.5. The third-order valence-electron chi connectivity index (χ3n) is 5.81. The molecule has 0 bridgehead atoms. The van der Waals surface area contributed by atoms with E-state index in [2.05, 4.69) is 15.3 Å². The number of nitrogens with zero attached hydrogens (tertiary/aromatic N) is 3. The Morgan fingerprint density at radius 1 is 1.38 bits per heavy atom. The number of fused-ring (bicyclic) bond motifs is 1. The van der Waals surface area contributed by atoms with Gasteiger partial charge in [-0.2, -0.15) is 10.2 Å². The van der Waals surface area contributed by atoms with E-state index in [-0.39, 0.29) is 12.5 Å². The number of nitrogens with one attached hydrogen (secondary N) is 1. The van der Waals surface area contributed by atoms with E-state index in [1.807, 2.05) is 0 Å². The van der Waals surface area contributed by atoms with Crippen LogP contribution in [0.25, 0.3) is 21.7 Å². The number of carbonyl (C=O) groups excluding carboxylic acids is 2. The maximum Gasteiger partial charge on any atom is 0.509 e. The second-order valence-electron chi connectivity index (χ2n) is 8.38. The number of anilines is 1. The first-order valence-electron chi connectivity index (χ1n) is 10.1. The maximum absolute atomic E-state index is 12.2. The van der Waals surface area contributed by atoms with Gasteiger partial charge in [0, 0.05) is 22.7 Å². The van der Waals surface area contributed by atoms with Crippen LogP contribution < -0.4 is 11.3 Å². The second kappa shape index (κ2) is 6.92. The molecule has 0 aliphatic carbocycles. The molecule has 4 atom stereocenters. The van der Waals surface area contributed by atoms with Gasteiger partial charge in [0.05, 0.1) is 17.5 Å². The summed E-state index contributed by atoms with van der Waals surface area (Å²) >= 11 is 0. The number of nitrogens with two attached hydrogens (primary N) is 1. The normalized spacial score (nSPS) is 27.0. The van der Waals surface area contributed by atoms with Crippen LogP contribution in [0, 0.1) is 5.92 Å². The summed E-state index contributed by atoms with van der Waals surface area (Å²) < 4.78 is 23.7. The van der Waals surface area contributed by atoms with Gasteiger partial charge in [0.2, 0.25) is 0 Å². The van der Waals surface area contributed by atoms with Gasteiger partial charge in [-0.3, -0.25) is 9.59 Å². The average Bonchev–Trinajstić information content (AvgIpc) is 3.28. The number of rotatable bonds is 4. The lowest BCUT2D eigenvalue weighted by Crippen LogP contribution is -2.42. The van der Waals surface area contributed by atoms with Crippen molar-refractivity contribution in [1.29, 1.82) is 0 Å². The standard InChI is InChI=1S/C20H21N5O7/c1-8(2)17(27)29-7-13-15-20(3,32-19(28)31-15)18(30-13)25-6-10-11(21)4-9-14(10)12(24-25)5-22-23-16(9)26/h4-6,8,13,15,18H,7,21H2,1-3H3,(H,23,26). The first-order valence-corrected chi connectivity index (χ1v) is 10.1. The van der Waals surface area contributed by atoms with Crippen LogP contribution in [-0.2, 0) is 23.7 Å². The molecule has 3 N–H and O–H groups in total. The van der Waals surface area contributed by atoms with Crippen LogP contribution in [0.1, 0.15) is 27.0 Å². The molecule has 1 aromatic carbocycles. The van der Waals surface area contributed by atoms with Crippen LogP contribution in [0.2, 0.25) is 0 Å². The Balaban J connectivity index is 1.58. The fourth-order valence-corrected chi connectivity index (χ4v) is 4.22. The summed E-state index contributed by atoms with van der Waals surface area (Å²) in [6.07, 6.45) is -0.342. The number of hydrogen-bond donors (Lipinski definition) is 2. The van der Waals surface area contributed by atoms with E-state index in [1.165, 1.54) is 10.9 Å². The van der Waals surface area contributed by atoms with Crippen molar-refractivity contribution < 1.29 is 28.5 Å². The zero-order chi connectivity index (χ0) is 22.8. The molecule has 12 heteroatoms. The summed E-state index contributed by atoms with van der Waals surface area (Å²) in [7, 11) is 0. The average molecular weight is 443 g/mol. The molecule has 0 saturated carbocycles. The SMILES string of the molecule is CC(C)C(=O)OCC1OC(n2cc3c(N)cc4c(=O)[nH]ncc(n2)c34)C2(C)OC(=O)OC12. The van der Waals surface area contributed by atoms with Gasteiger partial charge >= 0.3 is 12.1 Å². The quantitative estimate of drug-likeness (QED) is 0.561. The Kier molecular flexibility index (Phi) is 4.38. The number of aromatic amines is 1. The Labute approximate surface area is 180 Å². The molecule has 0 spiro atoms. The van der Waals surface area contributed by atoms with Crippen molar-refractivity contribution in [3.63, 3.8) is 0 Å². The van der Waals surface area contributed by atoms with E-state index in [0.29, 0.717) is 27.4 Å². The lowest BCUT2D eigenvalue weighted by atomic mass is 9.96. The minimum atomic E-state index is -1.25. The van der Waals surface area contributed by atoms with Crippen LogP contribution in [0.15, 0.2) is 23.3 Å². The lowest BCUT2D eigenvalue weighted by Gasteiger charge is -2.26. The second-order valence-corrected chi connectivity index (χ2v) is 8.38. The van der Waals surface area contributed by atoms with Crippen LogP contribution >= 0.6 is 0 Å². The number of ether oxygens (including phenoxy) is 4. The molecule has 4 heterocycles. The Morgan fingerprint density at radius 3 is 2.91 bits per heavy atom. The summed E-state index contributed by atoms with van der Waals surface area (Å²) in [4.78, 5) is 36.2. The minimum absolute atomic E-state index is 0.122. The van der Waals surface area contributed by atoms with Gasteiger partial charge in [-0.05, 0) is 13.0 Å². The topological polar surface area (TPSA) is 161 Å². The highest BCUT2D eigenvalue weighted by molar-refractivity contribution is 6.14. The van der Waals surface area contributed by atoms with Crippen LogP contribution in [0.4, 0.5) is 10.5 Å². The van der Waals surface area contributed by atoms with Gasteiger partial charge in [0.25, 0.3) is 5.56 Å². The highest BCUT2D eigenvalue weighted by Crippen LogP contribution is 2.47. The van der Waals surface area contributed by atoms with Gasteiger partial charge in [0.15, 0.2) is 17.9 Å². The predicted octanol–water partition coefficient (Wildman–Crippen LogP) is 1.25. The summed E-state index contributed by atoms with van der Waals surface area (Å²) in [5.74, 6) is -0.719. The van der Waals surface area contributed by atoms with Gasteiger partial charge in [-0.1, -0.05) is 13.8 Å². The Morgan fingerprint density at radius 2 is 2.16 bits per heavy atom. The Bertz CT molecular complexity index is 1310. The smallest absolute Gasteiger partial charge is 0.463 e. The van der Waals surface area contributed by atoms with Crippen molar-refractivity contribution >= 4 is 39.5 Å². The summed E-state index contributed by atoms with van der Waals surface area (Å²) in [5, 5.41) is 12.3. The molecule has 32 heavy (non-hydrogen) atoms. The first-order chi connectivity index (χ1) is 15.2. The van der Waals surface area contributed by atoms with Crippen LogP contribution in [0.5, 0.6) is 0 Å². The van der Waals surface area contributed by atoms with Gasteiger partial charge in [0.1, 0.15) is 18.2 Å². The molecule has 12 nitrogen and oxygen atoms in total. The van der Waals surface area contributed by atoms with E-state index < -0.39 is 41.7 Å². The predicted molar refractivity (Wildman–Crippen MR) is 110 cm³/mol. The molecule has 0 radical (unpaired) electrons. The molecule has 5 rings (SSSR count). The number of hydrogen-bond acceptors (Lipinski definition) is 10. The molecular weight excluding hydrogens is 422 g/mol. The fourth-order valence-electron chi connectivity index (χ4n) is 4.22.